The maximum Gasteiger partial charge on any atom is 0.240 e. The molecule has 116 valence electrons. The normalized spacial score (nSPS) is 11.4. The number of halogens is 1. The van der Waals surface area contributed by atoms with E-state index in [4.69, 9.17) is 0 Å². The molecule has 2 aromatic rings. The summed E-state index contributed by atoms with van der Waals surface area (Å²) >= 11 is 3.33. The Bertz CT molecular complexity index is 770. The van der Waals surface area contributed by atoms with Gasteiger partial charge in [0.2, 0.25) is 10.0 Å². The zero-order valence-electron chi connectivity index (χ0n) is 12.0. The molecule has 0 bridgehead atoms. The Morgan fingerprint density at radius 2 is 1.82 bits per heavy atom. The number of nitrogens with one attached hydrogen (secondary N) is 1. The van der Waals surface area contributed by atoms with Gasteiger partial charge in [0.25, 0.3) is 0 Å². The lowest BCUT2D eigenvalue weighted by atomic mass is 10.1. The molecule has 0 fully saturated rings. The van der Waals surface area contributed by atoms with E-state index >= 15 is 0 Å². The van der Waals surface area contributed by atoms with Gasteiger partial charge in [-0.15, -0.1) is 0 Å². The van der Waals surface area contributed by atoms with Gasteiger partial charge in [0.1, 0.15) is 0 Å². The van der Waals surface area contributed by atoms with Gasteiger partial charge in [0.15, 0.2) is 5.78 Å². The van der Waals surface area contributed by atoms with Crippen molar-refractivity contribution in [3.8, 4) is 0 Å². The van der Waals surface area contributed by atoms with Crippen LogP contribution in [0, 0.1) is 0 Å². The van der Waals surface area contributed by atoms with Crippen LogP contribution in [0.4, 0.5) is 0 Å². The predicted octanol–water partition coefficient (Wildman–Crippen LogP) is 3.52. The molecular formula is C16H16BrNO3S. The summed E-state index contributed by atoms with van der Waals surface area (Å²) in [6, 6.07) is 13.5. The first kappa shape index (κ1) is 16.9. The van der Waals surface area contributed by atoms with E-state index in [0.29, 0.717) is 12.0 Å². The SMILES string of the molecule is CCC(=O)c1cccc(S(=O)(=O)NCc2ccc(Br)cc2)c1. The van der Waals surface area contributed by atoms with Gasteiger partial charge < -0.3 is 0 Å². The fourth-order valence-electron chi connectivity index (χ4n) is 1.90. The average Bonchev–Trinajstić information content (AvgIpc) is 2.54. The largest absolute Gasteiger partial charge is 0.294 e. The number of hydrogen-bond donors (Lipinski definition) is 1. The minimum atomic E-state index is -3.65. The highest BCUT2D eigenvalue weighted by Gasteiger charge is 2.15. The van der Waals surface area contributed by atoms with Crippen molar-refractivity contribution in [1.82, 2.24) is 4.72 Å². The van der Waals surface area contributed by atoms with Crippen LogP contribution in [0.2, 0.25) is 0 Å². The molecule has 0 saturated heterocycles. The topological polar surface area (TPSA) is 63.2 Å². The minimum Gasteiger partial charge on any atom is -0.294 e. The number of carbonyl (C=O) groups excluding carboxylic acids is 1. The summed E-state index contributed by atoms with van der Waals surface area (Å²) in [4.78, 5) is 11.8. The quantitative estimate of drug-likeness (QED) is 0.778. The molecule has 0 saturated carbocycles. The van der Waals surface area contributed by atoms with E-state index in [9.17, 15) is 13.2 Å². The summed E-state index contributed by atoms with van der Waals surface area (Å²) < 4.78 is 28.1. The lowest BCUT2D eigenvalue weighted by Gasteiger charge is -2.08. The third-order valence-corrected chi connectivity index (χ3v) is 5.09. The van der Waals surface area contributed by atoms with Gasteiger partial charge in [-0.25, -0.2) is 13.1 Å². The number of rotatable bonds is 6. The monoisotopic (exact) mass is 381 g/mol. The molecule has 0 aliphatic carbocycles. The summed E-state index contributed by atoms with van der Waals surface area (Å²) in [5.74, 6) is -0.0787. The van der Waals surface area contributed by atoms with Crippen molar-refractivity contribution in [3.63, 3.8) is 0 Å². The molecule has 0 aliphatic rings. The van der Waals surface area contributed by atoms with E-state index in [1.165, 1.54) is 12.1 Å². The van der Waals surface area contributed by atoms with E-state index in [-0.39, 0.29) is 17.2 Å². The second-order valence-corrected chi connectivity index (χ2v) is 7.44. The van der Waals surface area contributed by atoms with Crippen molar-refractivity contribution < 1.29 is 13.2 Å². The van der Waals surface area contributed by atoms with Gasteiger partial charge in [-0.1, -0.05) is 47.1 Å². The standard InChI is InChI=1S/C16H16BrNO3S/c1-2-16(19)13-4-3-5-15(10-13)22(20,21)18-11-12-6-8-14(17)9-7-12/h3-10,18H,2,11H2,1H3. The van der Waals surface area contributed by atoms with Crippen molar-refractivity contribution in [2.45, 2.75) is 24.8 Å². The minimum absolute atomic E-state index is 0.0787. The summed E-state index contributed by atoms with van der Waals surface area (Å²) in [6.45, 7) is 1.94. The Kier molecular flexibility index (Phi) is 5.50. The molecule has 0 unspecified atom stereocenters. The molecule has 2 aromatic carbocycles. The summed E-state index contributed by atoms with van der Waals surface area (Å²) in [5, 5.41) is 0. The van der Waals surface area contributed by atoms with Crippen LogP contribution < -0.4 is 4.72 Å². The van der Waals surface area contributed by atoms with E-state index in [2.05, 4.69) is 20.7 Å². The molecule has 0 heterocycles. The molecule has 0 atom stereocenters. The number of ketones is 1. The third kappa shape index (κ3) is 4.25. The summed E-state index contributed by atoms with van der Waals surface area (Å²) in [6.07, 6.45) is 0.343. The molecule has 2 rings (SSSR count). The maximum atomic E-state index is 12.3. The van der Waals surface area contributed by atoms with Gasteiger partial charge >= 0.3 is 0 Å². The van der Waals surface area contributed by atoms with Crippen LogP contribution in [0.3, 0.4) is 0 Å². The van der Waals surface area contributed by atoms with Crippen molar-refractivity contribution >= 4 is 31.7 Å². The lowest BCUT2D eigenvalue weighted by molar-refractivity contribution is 0.0988. The van der Waals surface area contributed by atoms with Gasteiger partial charge in [0, 0.05) is 23.0 Å². The molecule has 0 spiro atoms. The molecule has 22 heavy (non-hydrogen) atoms. The van der Waals surface area contributed by atoms with Crippen molar-refractivity contribution in [2.75, 3.05) is 0 Å². The zero-order chi connectivity index (χ0) is 16.2. The smallest absolute Gasteiger partial charge is 0.240 e. The van der Waals surface area contributed by atoms with E-state index in [1.807, 2.05) is 24.3 Å². The first-order valence-electron chi connectivity index (χ1n) is 6.80. The van der Waals surface area contributed by atoms with Crippen LogP contribution in [0.5, 0.6) is 0 Å². The van der Waals surface area contributed by atoms with Crippen LogP contribution in [0.25, 0.3) is 0 Å². The van der Waals surface area contributed by atoms with E-state index < -0.39 is 10.0 Å². The zero-order valence-corrected chi connectivity index (χ0v) is 14.4. The molecule has 0 aromatic heterocycles. The van der Waals surface area contributed by atoms with Crippen LogP contribution in [0.15, 0.2) is 57.9 Å². The van der Waals surface area contributed by atoms with Gasteiger partial charge in [0.05, 0.1) is 4.90 Å². The summed E-state index contributed by atoms with van der Waals surface area (Å²) in [5.41, 5.74) is 1.27. The van der Waals surface area contributed by atoms with Crippen LogP contribution in [-0.2, 0) is 16.6 Å². The van der Waals surface area contributed by atoms with E-state index in [0.717, 1.165) is 10.0 Å². The average molecular weight is 382 g/mol. The van der Waals surface area contributed by atoms with Crippen LogP contribution >= 0.6 is 15.9 Å². The van der Waals surface area contributed by atoms with Gasteiger partial charge in [-0.2, -0.15) is 0 Å². The van der Waals surface area contributed by atoms with Crippen LogP contribution in [-0.4, -0.2) is 14.2 Å². The van der Waals surface area contributed by atoms with Crippen molar-refractivity contribution in [1.29, 1.82) is 0 Å². The molecule has 1 N–H and O–H groups in total. The van der Waals surface area contributed by atoms with Gasteiger partial charge in [-0.05, 0) is 29.8 Å². The highest BCUT2D eigenvalue weighted by molar-refractivity contribution is 9.10. The number of sulfonamides is 1. The first-order chi connectivity index (χ1) is 10.4. The van der Waals surface area contributed by atoms with E-state index in [1.54, 1.807) is 19.1 Å². The number of Topliss-reactive ketones (excluding diaryl/α,β-unsaturated/α-hetero) is 1. The fourth-order valence-corrected chi connectivity index (χ4v) is 3.23. The Labute approximate surface area is 138 Å². The highest BCUT2D eigenvalue weighted by atomic mass is 79.9. The molecule has 0 aliphatic heterocycles. The molecule has 0 amide bonds. The molecule has 6 heteroatoms. The van der Waals surface area contributed by atoms with Crippen molar-refractivity contribution in [2.24, 2.45) is 0 Å². The maximum absolute atomic E-state index is 12.3. The fraction of sp³-hybridized carbons (Fsp3) is 0.188. The molecular weight excluding hydrogens is 366 g/mol. The molecule has 4 nitrogen and oxygen atoms in total. The first-order valence-corrected chi connectivity index (χ1v) is 9.07. The van der Waals surface area contributed by atoms with Gasteiger partial charge in [-0.3, -0.25) is 4.79 Å². The number of hydrogen-bond acceptors (Lipinski definition) is 3. The lowest BCUT2D eigenvalue weighted by Crippen LogP contribution is -2.23. The number of carbonyl (C=O) groups is 1. The molecule has 0 radical (unpaired) electrons. The second-order valence-electron chi connectivity index (χ2n) is 4.76. The second kappa shape index (κ2) is 7.17. The Morgan fingerprint density at radius 1 is 1.14 bits per heavy atom. The Balaban J connectivity index is 2.16. The Hall–Kier alpha value is -1.50. The predicted molar refractivity (Wildman–Crippen MR) is 89.2 cm³/mol. The van der Waals surface area contributed by atoms with Crippen LogP contribution in [0.1, 0.15) is 29.3 Å². The number of benzene rings is 2. The third-order valence-electron chi connectivity index (χ3n) is 3.17. The summed E-state index contributed by atoms with van der Waals surface area (Å²) in [7, 11) is -3.65. The highest BCUT2D eigenvalue weighted by Crippen LogP contribution is 2.15. The Morgan fingerprint density at radius 3 is 2.45 bits per heavy atom. The van der Waals surface area contributed by atoms with Crippen molar-refractivity contribution in [3.05, 3.63) is 64.1 Å².